The average molecular weight is 139 g/mol. The lowest BCUT2D eigenvalue weighted by molar-refractivity contribution is 1.07. The zero-order valence-corrected chi connectivity index (χ0v) is 7.15. The molecule has 0 heterocycles. The molecule has 1 nitrogen and oxygen atoms in total. The van der Waals surface area contributed by atoms with Crippen molar-refractivity contribution in [2.45, 2.75) is 20.8 Å². The van der Waals surface area contributed by atoms with Crippen molar-refractivity contribution in [3.05, 3.63) is 37.2 Å². The van der Waals surface area contributed by atoms with Crippen LogP contribution in [-0.4, -0.2) is 0 Å². The van der Waals surface area contributed by atoms with Crippen LogP contribution in [0.15, 0.2) is 37.2 Å². The summed E-state index contributed by atoms with van der Waals surface area (Å²) < 4.78 is 0. The minimum Gasteiger partial charge on any atom is -0.366 e. The van der Waals surface area contributed by atoms with Crippen molar-refractivity contribution < 1.29 is 0 Å². The second-order valence-electron chi connectivity index (χ2n) is 1.52. The molecular formula is C9H17N. The maximum Gasteiger partial charge on any atom is 0.00420 e. The number of allylic oxidation sites excluding steroid dienone is 3. The van der Waals surface area contributed by atoms with E-state index in [2.05, 4.69) is 18.5 Å². The van der Waals surface area contributed by atoms with Crippen LogP contribution in [-0.2, 0) is 0 Å². The maximum atomic E-state index is 3.63. The van der Waals surface area contributed by atoms with Gasteiger partial charge in [-0.15, -0.1) is 0 Å². The molecule has 0 bridgehead atoms. The van der Waals surface area contributed by atoms with Gasteiger partial charge in [0.15, 0.2) is 0 Å². The fraction of sp³-hybridized carbons (Fsp3) is 0.333. The van der Waals surface area contributed by atoms with Crippen molar-refractivity contribution in [3.63, 3.8) is 0 Å². The Morgan fingerprint density at radius 2 is 1.90 bits per heavy atom. The van der Waals surface area contributed by atoms with Crippen molar-refractivity contribution in [1.29, 1.82) is 0 Å². The second-order valence-corrected chi connectivity index (χ2v) is 1.52. The summed E-state index contributed by atoms with van der Waals surface area (Å²) in [5, 5.41) is 2.90. The molecule has 0 rings (SSSR count). The molecule has 1 heteroatoms. The van der Waals surface area contributed by atoms with Crippen LogP contribution >= 0.6 is 0 Å². The predicted octanol–water partition coefficient (Wildman–Crippen LogP) is 2.84. The number of hydrogen-bond acceptors (Lipinski definition) is 1. The zero-order valence-electron chi connectivity index (χ0n) is 7.15. The molecule has 0 atom stereocenters. The first kappa shape index (κ1) is 11.8. The molecule has 0 amide bonds. The molecule has 10 heavy (non-hydrogen) atoms. The fourth-order valence-corrected chi connectivity index (χ4v) is 0.258. The molecule has 0 saturated heterocycles. The van der Waals surface area contributed by atoms with Gasteiger partial charge in [0.25, 0.3) is 0 Å². The SMILES string of the molecule is C=C/C=C\NC(=C)C.CC. The lowest BCUT2D eigenvalue weighted by Gasteiger charge is -1.92. The second kappa shape index (κ2) is 10.9. The molecule has 0 aliphatic heterocycles. The smallest absolute Gasteiger partial charge is 0.00420 e. The first-order chi connectivity index (χ1) is 4.77. The van der Waals surface area contributed by atoms with E-state index in [4.69, 9.17) is 0 Å². The highest BCUT2D eigenvalue weighted by molar-refractivity contribution is 5.00. The van der Waals surface area contributed by atoms with Gasteiger partial charge in [-0.3, -0.25) is 0 Å². The number of nitrogens with one attached hydrogen (secondary N) is 1. The Hall–Kier alpha value is -0.980. The topological polar surface area (TPSA) is 12.0 Å². The van der Waals surface area contributed by atoms with E-state index in [0.29, 0.717) is 0 Å². The minimum absolute atomic E-state index is 0.933. The van der Waals surface area contributed by atoms with E-state index in [1.807, 2.05) is 26.8 Å². The van der Waals surface area contributed by atoms with Gasteiger partial charge in [0.05, 0.1) is 0 Å². The van der Waals surface area contributed by atoms with Gasteiger partial charge >= 0.3 is 0 Å². The third-order valence-corrected chi connectivity index (χ3v) is 0.562. The lowest BCUT2D eigenvalue weighted by atomic mass is 10.5. The van der Waals surface area contributed by atoms with Gasteiger partial charge in [-0.25, -0.2) is 0 Å². The summed E-state index contributed by atoms with van der Waals surface area (Å²) in [7, 11) is 0. The minimum atomic E-state index is 0.933. The highest BCUT2D eigenvalue weighted by atomic mass is 14.8. The molecule has 0 unspecified atom stereocenters. The van der Waals surface area contributed by atoms with Crippen LogP contribution < -0.4 is 5.32 Å². The van der Waals surface area contributed by atoms with Crippen LogP contribution in [0.1, 0.15) is 20.8 Å². The van der Waals surface area contributed by atoms with Gasteiger partial charge in [-0.1, -0.05) is 33.1 Å². The standard InChI is InChI=1S/C7H11N.C2H6/c1-4-5-6-8-7(2)3;1-2/h4-6,8H,1-2H2,3H3;1-2H3/b6-5-;. The van der Waals surface area contributed by atoms with E-state index in [0.717, 1.165) is 5.70 Å². The largest absolute Gasteiger partial charge is 0.366 e. The summed E-state index contributed by atoms with van der Waals surface area (Å²) in [5.41, 5.74) is 0.933. The van der Waals surface area contributed by atoms with Gasteiger partial charge in [0.2, 0.25) is 0 Å². The molecule has 0 fully saturated rings. The van der Waals surface area contributed by atoms with Crippen molar-refractivity contribution in [2.75, 3.05) is 0 Å². The average Bonchev–Trinajstić information content (AvgIpc) is 1.92. The normalized spacial score (nSPS) is 7.90. The van der Waals surface area contributed by atoms with E-state index in [1.165, 1.54) is 0 Å². The molecule has 0 aliphatic rings. The van der Waals surface area contributed by atoms with Crippen molar-refractivity contribution in [2.24, 2.45) is 0 Å². The van der Waals surface area contributed by atoms with Gasteiger partial charge in [-0.05, 0) is 13.0 Å². The molecule has 0 aliphatic carbocycles. The van der Waals surface area contributed by atoms with Gasteiger partial charge < -0.3 is 5.32 Å². The molecule has 58 valence electrons. The quantitative estimate of drug-likeness (QED) is 0.593. The maximum absolute atomic E-state index is 3.63. The van der Waals surface area contributed by atoms with Crippen LogP contribution in [0.25, 0.3) is 0 Å². The summed E-state index contributed by atoms with van der Waals surface area (Å²) >= 11 is 0. The molecule has 0 aromatic carbocycles. The van der Waals surface area contributed by atoms with Crippen molar-refractivity contribution in [1.82, 2.24) is 5.32 Å². The molecule has 0 aromatic rings. The van der Waals surface area contributed by atoms with Gasteiger partial charge in [-0.2, -0.15) is 0 Å². The highest BCUT2D eigenvalue weighted by Gasteiger charge is 1.69. The first-order valence-corrected chi connectivity index (χ1v) is 3.47. The molecule has 1 N–H and O–H groups in total. The summed E-state index contributed by atoms with van der Waals surface area (Å²) in [5.74, 6) is 0. The third kappa shape index (κ3) is 15.7. The van der Waals surface area contributed by atoms with Gasteiger partial charge in [0, 0.05) is 11.9 Å². The highest BCUT2D eigenvalue weighted by Crippen LogP contribution is 1.77. The Balaban J connectivity index is 0. The summed E-state index contributed by atoms with van der Waals surface area (Å²) in [6, 6.07) is 0. The van der Waals surface area contributed by atoms with Crippen LogP contribution in [0.4, 0.5) is 0 Å². The summed E-state index contributed by atoms with van der Waals surface area (Å²) in [6.45, 7) is 13.0. The molecule has 0 radical (unpaired) electrons. The molecular weight excluding hydrogens is 122 g/mol. The Kier molecular flexibility index (Phi) is 12.8. The van der Waals surface area contributed by atoms with Crippen LogP contribution in [0.3, 0.4) is 0 Å². The summed E-state index contributed by atoms with van der Waals surface area (Å²) in [6.07, 6.45) is 5.31. The van der Waals surface area contributed by atoms with E-state index < -0.39 is 0 Å². The van der Waals surface area contributed by atoms with E-state index in [1.54, 1.807) is 12.3 Å². The molecule has 0 saturated carbocycles. The Labute approximate surface area is 64.1 Å². The zero-order chi connectivity index (χ0) is 8.41. The van der Waals surface area contributed by atoms with E-state index >= 15 is 0 Å². The molecule has 0 aromatic heterocycles. The van der Waals surface area contributed by atoms with Gasteiger partial charge in [0.1, 0.15) is 0 Å². The predicted molar refractivity (Wildman–Crippen MR) is 48.6 cm³/mol. The van der Waals surface area contributed by atoms with E-state index in [-0.39, 0.29) is 0 Å². The third-order valence-electron chi connectivity index (χ3n) is 0.562. The van der Waals surface area contributed by atoms with Crippen LogP contribution in [0, 0.1) is 0 Å². The number of hydrogen-bond donors (Lipinski definition) is 1. The van der Waals surface area contributed by atoms with Crippen LogP contribution in [0.5, 0.6) is 0 Å². The van der Waals surface area contributed by atoms with Crippen molar-refractivity contribution in [3.8, 4) is 0 Å². The van der Waals surface area contributed by atoms with Crippen LogP contribution in [0.2, 0.25) is 0 Å². The lowest BCUT2D eigenvalue weighted by Crippen LogP contribution is -1.97. The first-order valence-electron chi connectivity index (χ1n) is 3.47. The Morgan fingerprint density at radius 1 is 1.40 bits per heavy atom. The van der Waals surface area contributed by atoms with E-state index in [9.17, 15) is 0 Å². The summed E-state index contributed by atoms with van der Waals surface area (Å²) in [4.78, 5) is 0. The Morgan fingerprint density at radius 3 is 2.20 bits per heavy atom. The number of rotatable bonds is 3. The van der Waals surface area contributed by atoms with Crippen molar-refractivity contribution >= 4 is 0 Å². The molecule has 0 spiro atoms. The monoisotopic (exact) mass is 139 g/mol. The Bertz CT molecular complexity index is 112. The fourth-order valence-electron chi connectivity index (χ4n) is 0.258.